The predicted molar refractivity (Wildman–Crippen MR) is 85.8 cm³/mol. The summed E-state index contributed by atoms with van der Waals surface area (Å²) < 4.78 is 0. The monoisotopic (exact) mass is 335 g/mol. The minimum atomic E-state index is -0.00351. The van der Waals surface area contributed by atoms with Crippen LogP contribution in [-0.2, 0) is 11.3 Å². The Kier molecular flexibility index (Phi) is 4.32. The molecule has 6 heteroatoms. The van der Waals surface area contributed by atoms with Gasteiger partial charge in [0.25, 0.3) is 0 Å². The van der Waals surface area contributed by atoms with Crippen molar-refractivity contribution in [3.05, 3.63) is 58.1 Å². The van der Waals surface area contributed by atoms with Crippen LogP contribution in [0.25, 0.3) is 0 Å². The number of halogens is 2. The largest absolute Gasteiger partial charge is 0.340 e. The second-order valence-electron chi connectivity index (χ2n) is 5.54. The van der Waals surface area contributed by atoms with Crippen LogP contribution >= 0.6 is 23.2 Å². The second-order valence-corrected chi connectivity index (χ2v) is 6.42. The highest BCUT2D eigenvalue weighted by Gasteiger charge is 2.45. The molecule has 2 aromatic rings. The Hall–Kier alpha value is -1.65. The standard InChI is InChI=1S/C16H15Cl2N3O/c1-21(9-13-8-19-2-3-20-13)16(22)15-7-14(15)10-4-11(17)6-12(18)5-10/h2-6,8,14-15H,7,9H2,1H3/t14-,15+/m1/s1. The fraction of sp³-hybridized carbons (Fsp3) is 0.312. The summed E-state index contributed by atoms with van der Waals surface area (Å²) in [6, 6.07) is 5.47. The maximum atomic E-state index is 12.5. The van der Waals surface area contributed by atoms with E-state index < -0.39 is 0 Å². The smallest absolute Gasteiger partial charge is 0.226 e. The van der Waals surface area contributed by atoms with E-state index in [-0.39, 0.29) is 17.7 Å². The molecule has 22 heavy (non-hydrogen) atoms. The topological polar surface area (TPSA) is 46.1 Å². The minimum absolute atomic E-state index is 0.00351. The summed E-state index contributed by atoms with van der Waals surface area (Å²) in [6.07, 6.45) is 5.75. The fourth-order valence-corrected chi connectivity index (χ4v) is 3.18. The molecule has 1 aromatic carbocycles. The number of aromatic nitrogens is 2. The molecule has 1 aromatic heterocycles. The molecule has 1 saturated carbocycles. The number of carbonyl (C=O) groups is 1. The highest BCUT2D eigenvalue weighted by atomic mass is 35.5. The molecular formula is C16H15Cl2N3O. The van der Waals surface area contributed by atoms with Crippen LogP contribution in [-0.4, -0.2) is 27.8 Å². The van der Waals surface area contributed by atoms with E-state index in [2.05, 4.69) is 9.97 Å². The number of hydrogen-bond acceptors (Lipinski definition) is 3. The zero-order chi connectivity index (χ0) is 15.7. The van der Waals surface area contributed by atoms with Gasteiger partial charge in [0.2, 0.25) is 5.91 Å². The van der Waals surface area contributed by atoms with E-state index in [9.17, 15) is 4.79 Å². The average molecular weight is 336 g/mol. The fourth-order valence-electron chi connectivity index (χ4n) is 2.64. The van der Waals surface area contributed by atoms with Gasteiger partial charge in [-0.05, 0) is 36.1 Å². The Balaban J connectivity index is 1.65. The van der Waals surface area contributed by atoms with Gasteiger partial charge in [-0.25, -0.2) is 0 Å². The maximum Gasteiger partial charge on any atom is 0.226 e. The summed E-state index contributed by atoms with van der Waals surface area (Å²) in [5.41, 5.74) is 1.81. The van der Waals surface area contributed by atoms with Crippen molar-refractivity contribution >= 4 is 29.1 Å². The van der Waals surface area contributed by atoms with Crippen molar-refractivity contribution in [1.29, 1.82) is 0 Å². The molecule has 1 aliphatic carbocycles. The second kappa shape index (κ2) is 6.23. The van der Waals surface area contributed by atoms with Gasteiger partial charge in [0.1, 0.15) is 0 Å². The van der Waals surface area contributed by atoms with Gasteiger partial charge in [-0.3, -0.25) is 14.8 Å². The molecule has 1 amide bonds. The molecular weight excluding hydrogens is 321 g/mol. The number of carbonyl (C=O) groups excluding carboxylic acids is 1. The van der Waals surface area contributed by atoms with Crippen molar-refractivity contribution in [2.24, 2.45) is 5.92 Å². The quantitative estimate of drug-likeness (QED) is 0.858. The van der Waals surface area contributed by atoms with E-state index in [0.29, 0.717) is 16.6 Å². The van der Waals surface area contributed by atoms with Gasteiger partial charge in [-0.1, -0.05) is 23.2 Å². The summed E-state index contributed by atoms with van der Waals surface area (Å²) in [4.78, 5) is 22.4. The van der Waals surface area contributed by atoms with Gasteiger partial charge in [0, 0.05) is 35.4 Å². The van der Waals surface area contributed by atoms with Crippen LogP contribution in [0.15, 0.2) is 36.8 Å². The third-order valence-corrected chi connectivity index (χ3v) is 4.25. The molecule has 1 heterocycles. The molecule has 114 valence electrons. The first kappa shape index (κ1) is 15.3. The van der Waals surface area contributed by atoms with Gasteiger partial charge in [-0.2, -0.15) is 0 Å². The van der Waals surface area contributed by atoms with Crippen LogP contribution in [0.5, 0.6) is 0 Å². The van der Waals surface area contributed by atoms with Crippen LogP contribution in [0.3, 0.4) is 0 Å². The third kappa shape index (κ3) is 3.39. The van der Waals surface area contributed by atoms with Crippen molar-refractivity contribution in [1.82, 2.24) is 14.9 Å². The lowest BCUT2D eigenvalue weighted by Gasteiger charge is -2.16. The van der Waals surface area contributed by atoms with Gasteiger partial charge in [-0.15, -0.1) is 0 Å². The van der Waals surface area contributed by atoms with Gasteiger partial charge < -0.3 is 4.90 Å². The Morgan fingerprint density at radius 1 is 1.27 bits per heavy atom. The Labute approximate surface area is 139 Å². The van der Waals surface area contributed by atoms with Crippen molar-refractivity contribution < 1.29 is 4.79 Å². The lowest BCUT2D eigenvalue weighted by atomic mass is 10.1. The van der Waals surface area contributed by atoms with E-state index in [0.717, 1.165) is 17.7 Å². The first-order chi connectivity index (χ1) is 10.5. The summed E-state index contributed by atoms with van der Waals surface area (Å²) in [7, 11) is 1.79. The molecule has 0 aliphatic heterocycles. The van der Waals surface area contributed by atoms with Crippen LogP contribution in [0.4, 0.5) is 0 Å². The van der Waals surface area contributed by atoms with Gasteiger partial charge >= 0.3 is 0 Å². The van der Waals surface area contributed by atoms with E-state index >= 15 is 0 Å². The number of nitrogens with zero attached hydrogens (tertiary/aromatic N) is 3. The molecule has 1 fully saturated rings. The van der Waals surface area contributed by atoms with Crippen LogP contribution in [0.1, 0.15) is 23.6 Å². The van der Waals surface area contributed by atoms with E-state index in [1.54, 1.807) is 36.6 Å². The third-order valence-electron chi connectivity index (χ3n) is 3.81. The van der Waals surface area contributed by atoms with Crippen molar-refractivity contribution in [2.75, 3.05) is 7.05 Å². The molecule has 0 bridgehead atoms. The Bertz CT molecular complexity index is 673. The SMILES string of the molecule is CN(Cc1cnccn1)C(=O)[C@H]1C[C@@H]1c1cc(Cl)cc(Cl)c1. The van der Waals surface area contributed by atoms with Crippen LogP contribution < -0.4 is 0 Å². The summed E-state index contributed by atoms with van der Waals surface area (Å²) in [5.74, 6) is 0.316. The molecule has 1 aliphatic rings. The zero-order valence-corrected chi connectivity index (χ0v) is 13.6. The maximum absolute atomic E-state index is 12.5. The highest BCUT2D eigenvalue weighted by molar-refractivity contribution is 6.34. The number of rotatable bonds is 4. The van der Waals surface area contributed by atoms with E-state index in [1.807, 2.05) is 12.1 Å². The predicted octanol–water partition coefficient (Wildman–Crippen LogP) is 3.55. The first-order valence-electron chi connectivity index (χ1n) is 7.00. The van der Waals surface area contributed by atoms with Gasteiger partial charge in [0.05, 0.1) is 18.4 Å². The Morgan fingerprint density at radius 3 is 2.64 bits per heavy atom. The Morgan fingerprint density at radius 2 is 2.00 bits per heavy atom. The molecule has 0 saturated heterocycles. The summed E-state index contributed by atoms with van der Waals surface area (Å²) in [5, 5.41) is 1.21. The first-order valence-corrected chi connectivity index (χ1v) is 7.76. The molecule has 0 radical (unpaired) electrons. The molecule has 3 rings (SSSR count). The number of benzene rings is 1. The van der Waals surface area contributed by atoms with Crippen LogP contribution in [0, 0.1) is 5.92 Å². The molecule has 2 atom stereocenters. The number of amides is 1. The van der Waals surface area contributed by atoms with Gasteiger partial charge in [0.15, 0.2) is 0 Å². The zero-order valence-electron chi connectivity index (χ0n) is 12.0. The number of hydrogen-bond donors (Lipinski definition) is 0. The van der Waals surface area contributed by atoms with Crippen molar-refractivity contribution in [3.8, 4) is 0 Å². The molecule has 0 unspecified atom stereocenters. The summed E-state index contributed by atoms with van der Waals surface area (Å²) >= 11 is 12.0. The lowest BCUT2D eigenvalue weighted by Crippen LogP contribution is -2.28. The van der Waals surface area contributed by atoms with E-state index in [4.69, 9.17) is 23.2 Å². The van der Waals surface area contributed by atoms with E-state index in [1.165, 1.54) is 0 Å². The molecule has 0 spiro atoms. The highest BCUT2D eigenvalue weighted by Crippen LogP contribution is 2.49. The molecule has 4 nitrogen and oxygen atoms in total. The normalized spacial score (nSPS) is 19.8. The minimum Gasteiger partial charge on any atom is -0.340 e. The van der Waals surface area contributed by atoms with Crippen molar-refractivity contribution in [3.63, 3.8) is 0 Å². The molecule has 0 N–H and O–H groups in total. The lowest BCUT2D eigenvalue weighted by molar-refractivity contribution is -0.131. The average Bonchev–Trinajstić information content (AvgIpc) is 3.27. The van der Waals surface area contributed by atoms with Crippen molar-refractivity contribution in [2.45, 2.75) is 18.9 Å². The van der Waals surface area contributed by atoms with Crippen LogP contribution in [0.2, 0.25) is 10.0 Å². The summed E-state index contributed by atoms with van der Waals surface area (Å²) in [6.45, 7) is 0.464.